The van der Waals surface area contributed by atoms with Crippen LogP contribution in [-0.4, -0.2) is 35.2 Å². The van der Waals surface area contributed by atoms with Crippen LogP contribution in [0.5, 0.6) is 0 Å². The lowest BCUT2D eigenvalue weighted by Crippen LogP contribution is -2.36. The summed E-state index contributed by atoms with van der Waals surface area (Å²) < 4.78 is 0. The van der Waals surface area contributed by atoms with Gasteiger partial charge in [0.2, 0.25) is 0 Å². The molecule has 1 N–H and O–H groups in total. The van der Waals surface area contributed by atoms with Crippen molar-refractivity contribution in [3.05, 3.63) is 35.4 Å². The lowest BCUT2D eigenvalue weighted by Gasteiger charge is -2.35. The highest BCUT2D eigenvalue weighted by Crippen LogP contribution is 2.37. The number of hydrogen-bond acceptors (Lipinski definition) is 3. The van der Waals surface area contributed by atoms with E-state index in [9.17, 15) is 10.4 Å². The van der Waals surface area contributed by atoms with Crippen molar-refractivity contribution in [2.45, 2.75) is 50.7 Å². The predicted molar refractivity (Wildman–Crippen MR) is 82.9 cm³/mol. The van der Waals surface area contributed by atoms with E-state index in [2.05, 4.69) is 24.0 Å². The zero-order chi connectivity index (χ0) is 14.8. The van der Waals surface area contributed by atoms with E-state index in [1.807, 2.05) is 18.2 Å². The predicted octanol–water partition coefficient (Wildman–Crippen LogP) is 2.90. The molecule has 1 aromatic carbocycles. The highest BCUT2D eigenvalue weighted by Gasteiger charge is 2.34. The van der Waals surface area contributed by atoms with Crippen LogP contribution in [0.25, 0.3) is 0 Å². The van der Waals surface area contributed by atoms with Crippen LogP contribution in [0.15, 0.2) is 24.3 Å². The van der Waals surface area contributed by atoms with Crippen molar-refractivity contribution in [1.29, 1.82) is 5.26 Å². The molecule has 112 valence electrons. The molecule has 2 fully saturated rings. The maximum absolute atomic E-state index is 9.92. The molecule has 1 aliphatic heterocycles. The molecule has 0 bridgehead atoms. The van der Waals surface area contributed by atoms with E-state index in [0.717, 1.165) is 31.5 Å². The zero-order valence-electron chi connectivity index (χ0n) is 12.7. The Kier molecular flexibility index (Phi) is 4.28. The molecule has 1 saturated carbocycles. The summed E-state index contributed by atoms with van der Waals surface area (Å²) in [6.07, 6.45) is 4.53. The first-order valence-electron chi connectivity index (χ1n) is 8.10. The van der Waals surface area contributed by atoms with Crippen LogP contribution in [0.4, 0.5) is 0 Å². The number of hydrogen-bond donors (Lipinski definition) is 1. The molecule has 21 heavy (non-hydrogen) atoms. The van der Waals surface area contributed by atoms with E-state index in [4.69, 9.17) is 0 Å². The number of likely N-dealkylation sites (tertiary alicyclic amines) is 1. The quantitative estimate of drug-likeness (QED) is 0.908. The van der Waals surface area contributed by atoms with Crippen molar-refractivity contribution in [3.8, 4) is 6.07 Å². The molecule has 2 unspecified atom stereocenters. The van der Waals surface area contributed by atoms with Crippen LogP contribution >= 0.6 is 0 Å². The molecule has 1 saturated heterocycles. The third-order valence-corrected chi connectivity index (χ3v) is 5.34. The lowest BCUT2D eigenvalue weighted by atomic mass is 9.80. The minimum absolute atomic E-state index is 0.151. The Morgan fingerprint density at radius 1 is 1.14 bits per heavy atom. The van der Waals surface area contributed by atoms with Gasteiger partial charge < -0.3 is 5.11 Å². The van der Waals surface area contributed by atoms with Crippen molar-refractivity contribution in [1.82, 2.24) is 4.90 Å². The number of aliphatic hydroxyl groups excluding tert-OH is 1. The number of β-amino-alcohol motifs (C(OH)–C–C–N with tert-alkyl or cyclic N) is 1. The maximum Gasteiger partial charge on any atom is 0.0994 e. The Morgan fingerprint density at radius 2 is 1.86 bits per heavy atom. The fourth-order valence-corrected chi connectivity index (χ4v) is 3.99. The van der Waals surface area contributed by atoms with Gasteiger partial charge in [-0.15, -0.1) is 0 Å². The average Bonchev–Trinajstić information content (AvgIpc) is 2.87. The van der Waals surface area contributed by atoms with E-state index in [0.29, 0.717) is 17.9 Å². The van der Waals surface area contributed by atoms with E-state index < -0.39 is 0 Å². The first kappa shape index (κ1) is 14.6. The molecule has 3 heteroatoms. The number of aliphatic hydroxyl groups is 1. The summed E-state index contributed by atoms with van der Waals surface area (Å²) in [5, 5.41) is 19.2. The number of rotatable bonds is 2. The zero-order valence-corrected chi connectivity index (χ0v) is 12.7. The van der Waals surface area contributed by atoms with Gasteiger partial charge in [0.25, 0.3) is 0 Å². The highest BCUT2D eigenvalue weighted by molar-refractivity contribution is 5.39. The SMILES string of the molecule is CC1CN(C2CCC(c3ccccc3C#N)CC2)CC1O. The van der Waals surface area contributed by atoms with E-state index in [1.165, 1.54) is 18.4 Å². The van der Waals surface area contributed by atoms with Crippen LogP contribution < -0.4 is 0 Å². The van der Waals surface area contributed by atoms with Gasteiger partial charge in [-0.2, -0.15) is 5.26 Å². The number of nitriles is 1. The molecular weight excluding hydrogens is 260 g/mol. The molecule has 0 aromatic heterocycles. The second-order valence-corrected chi connectivity index (χ2v) is 6.70. The Balaban J connectivity index is 1.62. The van der Waals surface area contributed by atoms with Crippen LogP contribution in [-0.2, 0) is 0 Å². The van der Waals surface area contributed by atoms with Gasteiger partial charge in [0.05, 0.1) is 17.7 Å². The standard InChI is InChI=1S/C18H24N2O/c1-13-11-20(12-18(13)21)16-8-6-14(7-9-16)17-5-3-2-4-15(17)10-19/h2-5,13-14,16,18,21H,6-9,11-12H2,1H3. The van der Waals surface area contributed by atoms with Gasteiger partial charge >= 0.3 is 0 Å². The highest BCUT2D eigenvalue weighted by atomic mass is 16.3. The summed E-state index contributed by atoms with van der Waals surface area (Å²) in [7, 11) is 0. The Bertz CT molecular complexity index is 518. The van der Waals surface area contributed by atoms with Gasteiger partial charge in [0.1, 0.15) is 0 Å². The van der Waals surface area contributed by atoms with Crippen LogP contribution in [0, 0.1) is 17.2 Å². The third-order valence-electron chi connectivity index (χ3n) is 5.34. The molecule has 1 aromatic rings. The molecule has 0 amide bonds. The van der Waals surface area contributed by atoms with Crippen LogP contribution in [0.3, 0.4) is 0 Å². The van der Waals surface area contributed by atoms with Gasteiger partial charge in [-0.3, -0.25) is 4.90 Å². The summed E-state index contributed by atoms with van der Waals surface area (Å²) in [6.45, 7) is 4.01. The second kappa shape index (κ2) is 6.17. The van der Waals surface area contributed by atoms with Crippen molar-refractivity contribution < 1.29 is 5.11 Å². The Morgan fingerprint density at radius 3 is 2.48 bits per heavy atom. The summed E-state index contributed by atoms with van der Waals surface area (Å²) >= 11 is 0. The van der Waals surface area contributed by atoms with E-state index >= 15 is 0 Å². The largest absolute Gasteiger partial charge is 0.391 e. The summed E-state index contributed by atoms with van der Waals surface area (Å²) in [6, 6.07) is 11.0. The fourth-order valence-electron chi connectivity index (χ4n) is 3.99. The van der Waals surface area contributed by atoms with Gasteiger partial charge in [-0.1, -0.05) is 25.1 Å². The van der Waals surface area contributed by atoms with Crippen molar-refractivity contribution in [2.24, 2.45) is 5.92 Å². The van der Waals surface area contributed by atoms with E-state index in [1.54, 1.807) is 0 Å². The molecule has 1 heterocycles. The summed E-state index contributed by atoms with van der Waals surface area (Å²) in [4.78, 5) is 2.47. The van der Waals surface area contributed by atoms with Gasteiger partial charge in [-0.05, 0) is 49.1 Å². The topological polar surface area (TPSA) is 47.3 Å². The van der Waals surface area contributed by atoms with Gasteiger partial charge in [-0.25, -0.2) is 0 Å². The van der Waals surface area contributed by atoms with Crippen LogP contribution in [0.1, 0.15) is 49.7 Å². The van der Waals surface area contributed by atoms with Crippen molar-refractivity contribution in [3.63, 3.8) is 0 Å². The normalized spacial score (nSPS) is 33.8. The summed E-state index contributed by atoms with van der Waals surface area (Å²) in [5.41, 5.74) is 2.07. The van der Waals surface area contributed by atoms with Crippen LogP contribution in [0.2, 0.25) is 0 Å². The average molecular weight is 284 g/mol. The lowest BCUT2D eigenvalue weighted by molar-refractivity contribution is 0.130. The second-order valence-electron chi connectivity index (χ2n) is 6.70. The molecule has 2 atom stereocenters. The minimum Gasteiger partial charge on any atom is -0.391 e. The first-order chi connectivity index (χ1) is 10.2. The Labute approximate surface area is 127 Å². The minimum atomic E-state index is -0.151. The van der Waals surface area contributed by atoms with Gasteiger partial charge in [0, 0.05) is 19.1 Å². The van der Waals surface area contributed by atoms with E-state index in [-0.39, 0.29) is 6.10 Å². The molecule has 1 aliphatic carbocycles. The maximum atomic E-state index is 9.92. The molecule has 0 spiro atoms. The van der Waals surface area contributed by atoms with Crippen molar-refractivity contribution >= 4 is 0 Å². The van der Waals surface area contributed by atoms with Crippen molar-refractivity contribution in [2.75, 3.05) is 13.1 Å². The smallest absolute Gasteiger partial charge is 0.0994 e. The molecule has 2 aliphatic rings. The van der Waals surface area contributed by atoms with Gasteiger partial charge in [0.15, 0.2) is 0 Å². The Hall–Kier alpha value is -1.37. The monoisotopic (exact) mass is 284 g/mol. The molecular formula is C18H24N2O. The number of nitrogens with zero attached hydrogens (tertiary/aromatic N) is 2. The summed E-state index contributed by atoms with van der Waals surface area (Å²) in [5.74, 6) is 0.934. The first-order valence-corrected chi connectivity index (χ1v) is 8.10. The molecule has 3 rings (SSSR count). The fraction of sp³-hybridized carbons (Fsp3) is 0.611. The molecule has 0 radical (unpaired) electrons. The number of benzene rings is 1. The molecule has 3 nitrogen and oxygen atoms in total. The third kappa shape index (κ3) is 2.97.